The zero-order chi connectivity index (χ0) is 12.0. The fraction of sp³-hybridized carbons (Fsp3) is 0. The minimum atomic E-state index is 0. The first-order chi connectivity index (χ1) is 6.00. The Morgan fingerprint density at radius 3 is 0.333 bits per heavy atom. The molecule has 0 amide bonds. The van der Waals surface area contributed by atoms with Crippen LogP contribution in [0.4, 0.5) is 0 Å². The van der Waals surface area contributed by atoms with E-state index in [4.69, 9.17) is 28.8 Å². The summed E-state index contributed by atoms with van der Waals surface area (Å²) in [7, 11) is 0. The zero-order valence-corrected chi connectivity index (χ0v) is 12.1. The fourth-order valence-corrected chi connectivity index (χ4v) is 0. The van der Waals surface area contributed by atoms with E-state index in [9.17, 15) is 0 Å². The molecule has 0 saturated carbocycles. The second-order valence-corrected chi connectivity index (χ2v) is 0. The normalized spacial score (nSPS) is 1.33. The summed E-state index contributed by atoms with van der Waals surface area (Å²) in [6.45, 7) is 12.0. The van der Waals surface area contributed by atoms with Crippen LogP contribution in [0.1, 0.15) is 0 Å². The molecule has 12 heteroatoms. The molecule has 0 aromatic rings. The van der Waals surface area contributed by atoms with Crippen molar-refractivity contribution in [3.05, 3.63) is 0 Å². The number of carbonyl (C=O) groups excluding carboxylic acids is 6. The summed E-state index contributed by atoms with van der Waals surface area (Å²) in [4.78, 5) is 48.0. The van der Waals surface area contributed by atoms with Gasteiger partial charge in [-0.15, -0.1) is 0 Å². The van der Waals surface area contributed by atoms with E-state index in [1.807, 2.05) is 40.7 Å². The van der Waals surface area contributed by atoms with Gasteiger partial charge in [-0.2, -0.15) is 0 Å². The van der Waals surface area contributed by atoms with Gasteiger partial charge in [-0.1, -0.05) is 0 Å². The van der Waals surface area contributed by atoms with Gasteiger partial charge in [0.25, 0.3) is 0 Å². The van der Waals surface area contributed by atoms with Crippen LogP contribution in [0.5, 0.6) is 0 Å². The van der Waals surface area contributed by atoms with Gasteiger partial charge >= 0.3 is 16.8 Å². The molecule has 0 bridgehead atoms. The van der Waals surface area contributed by atoms with E-state index < -0.39 is 0 Å². The standard InChI is InChI=1S/6CH2O.Co.Mo.4O/c6*1-2;;;;;;/h6*1H2;;;;;;/q;;;;;;+2;;4*-2. The van der Waals surface area contributed by atoms with Gasteiger partial charge in [0.2, 0.25) is 0 Å². The van der Waals surface area contributed by atoms with Gasteiger partial charge in [-0.25, -0.2) is 0 Å². The van der Waals surface area contributed by atoms with Crippen LogP contribution in [0, 0.1) is 0 Å². The van der Waals surface area contributed by atoms with Crippen molar-refractivity contribution >= 4 is 40.7 Å². The summed E-state index contributed by atoms with van der Waals surface area (Å²) < 4.78 is 0. The molecule has 0 spiro atoms. The van der Waals surface area contributed by atoms with Crippen molar-refractivity contribution in [2.45, 2.75) is 0 Å². The summed E-state index contributed by atoms with van der Waals surface area (Å²) in [5.41, 5.74) is 0. The summed E-state index contributed by atoms with van der Waals surface area (Å²) in [6, 6.07) is 0. The Hall–Kier alpha value is -0.945. The average Bonchev–Trinajstić information content (AvgIpc) is 2.33. The van der Waals surface area contributed by atoms with Gasteiger partial charge < -0.3 is 50.7 Å². The first-order valence-electron chi connectivity index (χ1n) is 1.73. The molecule has 0 aromatic carbocycles. The molecule has 0 saturated heterocycles. The van der Waals surface area contributed by atoms with Gasteiger partial charge in [0.15, 0.2) is 0 Å². The zero-order valence-electron chi connectivity index (χ0n) is 9.07. The second-order valence-electron chi connectivity index (χ2n) is 0. The molecule has 0 rings (SSSR count). The van der Waals surface area contributed by atoms with Crippen molar-refractivity contribution in [1.82, 2.24) is 0 Å². The van der Waals surface area contributed by atoms with Crippen LogP contribution in [0.2, 0.25) is 0 Å². The Morgan fingerprint density at radius 1 is 0.333 bits per heavy atom. The van der Waals surface area contributed by atoms with E-state index in [-0.39, 0.29) is 59.7 Å². The molecule has 0 aliphatic carbocycles. The predicted octanol–water partition coefficient (Wildman–Crippen LogP) is -1.59. The van der Waals surface area contributed by atoms with Crippen LogP contribution in [0.25, 0.3) is 0 Å². The number of carbonyl (C=O) groups is 6. The summed E-state index contributed by atoms with van der Waals surface area (Å²) in [6.07, 6.45) is 0. The molecule has 0 heterocycles. The number of rotatable bonds is 0. The molecular weight excluding hydrogens is 387 g/mol. The molecule has 10 nitrogen and oxygen atoms in total. The second kappa shape index (κ2) is 4070. The monoisotopic (exact) mass is 401 g/mol. The number of hydrogen-bond donors (Lipinski definition) is 0. The first kappa shape index (κ1) is 172. The van der Waals surface area contributed by atoms with Gasteiger partial charge in [-0.3, -0.25) is 0 Å². The Morgan fingerprint density at radius 2 is 0.333 bits per heavy atom. The maximum atomic E-state index is 8.00. The minimum Gasteiger partial charge on any atom is -2.00 e. The van der Waals surface area contributed by atoms with Crippen molar-refractivity contribution in [1.29, 1.82) is 0 Å². The first-order valence-corrected chi connectivity index (χ1v) is 1.73. The maximum Gasteiger partial charge on any atom is 2.00 e. The van der Waals surface area contributed by atoms with E-state index in [0.29, 0.717) is 0 Å². The Kier molecular flexibility index (Phi) is 38900. The van der Waals surface area contributed by atoms with Crippen LogP contribution >= 0.6 is 0 Å². The molecule has 0 aliphatic heterocycles. The quantitative estimate of drug-likeness (QED) is 0.437. The van der Waals surface area contributed by atoms with E-state index in [1.165, 1.54) is 0 Å². The van der Waals surface area contributed by atoms with Crippen molar-refractivity contribution in [2.24, 2.45) is 0 Å². The SMILES string of the molecule is C=O.C=O.C=O.C=O.C=O.C=O.[Co+2].[Mo].[O-2].[O-2].[O-2].[O-2]. The van der Waals surface area contributed by atoms with Crippen LogP contribution in [-0.4, -0.2) is 40.7 Å². The van der Waals surface area contributed by atoms with Gasteiger partial charge in [0.05, 0.1) is 0 Å². The van der Waals surface area contributed by atoms with E-state index in [2.05, 4.69) is 0 Å². The van der Waals surface area contributed by atoms with Crippen LogP contribution in [0.15, 0.2) is 0 Å². The van der Waals surface area contributed by atoms with Crippen LogP contribution in [0.3, 0.4) is 0 Å². The molecule has 0 fully saturated rings. The van der Waals surface area contributed by atoms with Gasteiger partial charge in [0.1, 0.15) is 40.7 Å². The van der Waals surface area contributed by atoms with E-state index in [1.54, 1.807) is 0 Å². The molecule has 0 N–H and O–H groups in total. The minimum absolute atomic E-state index is 0. The summed E-state index contributed by atoms with van der Waals surface area (Å²) >= 11 is 0. The third kappa shape index (κ3) is 3330. The molecule has 18 heavy (non-hydrogen) atoms. The summed E-state index contributed by atoms with van der Waals surface area (Å²) in [5, 5.41) is 0. The molecule has 0 atom stereocenters. The average molecular weight is 399 g/mol. The predicted molar refractivity (Wildman–Crippen MR) is 45.5 cm³/mol. The van der Waals surface area contributed by atoms with Gasteiger partial charge in [0, 0.05) is 21.1 Å². The van der Waals surface area contributed by atoms with Crippen molar-refractivity contribution in [3.8, 4) is 0 Å². The number of hydrogen-bond acceptors (Lipinski definition) is 6. The smallest absolute Gasteiger partial charge is 2.00 e. The largest absolute Gasteiger partial charge is 2.00 e. The summed E-state index contributed by atoms with van der Waals surface area (Å²) in [5.74, 6) is 0. The van der Waals surface area contributed by atoms with Crippen molar-refractivity contribution < 1.29 is 88.5 Å². The molecule has 117 valence electrons. The van der Waals surface area contributed by atoms with E-state index in [0.717, 1.165) is 0 Å². The Labute approximate surface area is 129 Å². The van der Waals surface area contributed by atoms with Crippen molar-refractivity contribution in [2.75, 3.05) is 0 Å². The molecule has 0 unspecified atom stereocenters. The molecule has 1 radical (unpaired) electrons. The topological polar surface area (TPSA) is 216 Å². The molecule has 0 aromatic heterocycles. The van der Waals surface area contributed by atoms with Gasteiger partial charge in [-0.05, 0) is 0 Å². The third-order valence-corrected chi connectivity index (χ3v) is 0. The maximum absolute atomic E-state index is 8.00. The third-order valence-electron chi connectivity index (χ3n) is 0. The van der Waals surface area contributed by atoms with Crippen LogP contribution in [-0.2, 0) is 88.5 Å². The Bertz CT molecular complexity index is 41.8. The van der Waals surface area contributed by atoms with Crippen LogP contribution < -0.4 is 0 Å². The van der Waals surface area contributed by atoms with Crippen molar-refractivity contribution in [3.63, 3.8) is 0 Å². The Balaban J connectivity index is -0.00000000225. The molecular formula is C6H12CoMoO10-6. The van der Waals surface area contributed by atoms with E-state index >= 15 is 0 Å². The molecule has 0 aliphatic rings. The fourth-order valence-electron chi connectivity index (χ4n) is 0.